The molecule has 1 atom stereocenters. The first-order valence-electron chi connectivity index (χ1n) is 6.56. The van der Waals surface area contributed by atoms with Gasteiger partial charge in [-0.25, -0.2) is 0 Å². The SMILES string of the molecule is CC(NCc1cc(Br)c(O)c(Br)c1)C1CCOCC1. The third-order valence-corrected chi connectivity index (χ3v) is 4.89. The highest BCUT2D eigenvalue weighted by molar-refractivity contribution is 9.11. The van der Waals surface area contributed by atoms with E-state index < -0.39 is 0 Å². The summed E-state index contributed by atoms with van der Waals surface area (Å²) >= 11 is 6.71. The van der Waals surface area contributed by atoms with Crippen molar-refractivity contribution in [3.63, 3.8) is 0 Å². The normalized spacial score (nSPS) is 18.5. The molecule has 1 unspecified atom stereocenters. The van der Waals surface area contributed by atoms with Crippen LogP contribution in [0.25, 0.3) is 0 Å². The van der Waals surface area contributed by atoms with Crippen LogP contribution in [0.1, 0.15) is 25.3 Å². The Bertz CT molecular complexity index is 410. The lowest BCUT2D eigenvalue weighted by Gasteiger charge is -2.28. The number of ether oxygens (including phenoxy) is 1. The van der Waals surface area contributed by atoms with Crippen molar-refractivity contribution in [1.82, 2.24) is 5.32 Å². The molecule has 0 spiro atoms. The molecular formula is C14H19Br2NO2. The fraction of sp³-hybridized carbons (Fsp3) is 0.571. The van der Waals surface area contributed by atoms with E-state index >= 15 is 0 Å². The zero-order valence-corrected chi connectivity index (χ0v) is 14.1. The van der Waals surface area contributed by atoms with Crippen molar-refractivity contribution < 1.29 is 9.84 Å². The molecule has 1 fully saturated rings. The quantitative estimate of drug-likeness (QED) is 0.818. The average molecular weight is 393 g/mol. The molecule has 1 aromatic carbocycles. The number of benzene rings is 1. The number of rotatable bonds is 4. The molecule has 1 saturated heterocycles. The highest BCUT2D eigenvalue weighted by atomic mass is 79.9. The van der Waals surface area contributed by atoms with Crippen LogP contribution in [0.5, 0.6) is 5.75 Å². The van der Waals surface area contributed by atoms with Gasteiger partial charge < -0.3 is 15.2 Å². The van der Waals surface area contributed by atoms with E-state index in [4.69, 9.17) is 4.74 Å². The average Bonchev–Trinajstić information content (AvgIpc) is 2.43. The Labute approximate surface area is 131 Å². The van der Waals surface area contributed by atoms with E-state index in [1.165, 1.54) is 0 Å². The molecule has 0 amide bonds. The summed E-state index contributed by atoms with van der Waals surface area (Å²) in [6.45, 7) is 4.80. The number of phenols is 1. The zero-order chi connectivity index (χ0) is 13.8. The molecule has 0 saturated carbocycles. The third-order valence-electron chi connectivity index (χ3n) is 3.68. The van der Waals surface area contributed by atoms with Crippen LogP contribution in [0.4, 0.5) is 0 Å². The van der Waals surface area contributed by atoms with Gasteiger partial charge in [0.25, 0.3) is 0 Å². The molecule has 2 N–H and O–H groups in total. The van der Waals surface area contributed by atoms with Gasteiger partial charge in [0, 0.05) is 25.8 Å². The molecule has 106 valence electrons. The molecule has 3 nitrogen and oxygen atoms in total. The first-order chi connectivity index (χ1) is 9.08. The van der Waals surface area contributed by atoms with Gasteiger partial charge in [0.05, 0.1) is 8.95 Å². The summed E-state index contributed by atoms with van der Waals surface area (Å²) in [5, 5.41) is 13.2. The van der Waals surface area contributed by atoms with Gasteiger partial charge in [-0.3, -0.25) is 0 Å². The highest BCUT2D eigenvalue weighted by Gasteiger charge is 2.20. The number of nitrogens with one attached hydrogen (secondary N) is 1. The van der Waals surface area contributed by atoms with Gasteiger partial charge in [0.15, 0.2) is 0 Å². The second-order valence-corrected chi connectivity index (χ2v) is 6.74. The smallest absolute Gasteiger partial charge is 0.143 e. The minimum absolute atomic E-state index is 0.251. The van der Waals surface area contributed by atoms with E-state index in [-0.39, 0.29) is 5.75 Å². The summed E-state index contributed by atoms with van der Waals surface area (Å²) in [6, 6.07) is 4.38. The summed E-state index contributed by atoms with van der Waals surface area (Å²) in [5.41, 5.74) is 1.15. The van der Waals surface area contributed by atoms with Crippen molar-refractivity contribution in [2.24, 2.45) is 5.92 Å². The number of halogens is 2. The summed E-state index contributed by atoms with van der Waals surface area (Å²) < 4.78 is 6.83. The number of aromatic hydroxyl groups is 1. The van der Waals surface area contributed by atoms with Gasteiger partial charge in [-0.2, -0.15) is 0 Å². The molecule has 1 aliphatic heterocycles. The Morgan fingerprint density at radius 2 is 1.89 bits per heavy atom. The van der Waals surface area contributed by atoms with E-state index in [1.807, 2.05) is 12.1 Å². The van der Waals surface area contributed by atoms with Crippen molar-refractivity contribution in [3.8, 4) is 5.75 Å². The third kappa shape index (κ3) is 4.18. The molecule has 0 aromatic heterocycles. The maximum absolute atomic E-state index is 9.68. The van der Waals surface area contributed by atoms with Crippen LogP contribution in [0.3, 0.4) is 0 Å². The van der Waals surface area contributed by atoms with Crippen LogP contribution in [0, 0.1) is 5.92 Å². The topological polar surface area (TPSA) is 41.5 Å². The summed E-state index contributed by atoms with van der Waals surface area (Å²) in [5.74, 6) is 0.943. The van der Waals surface area contributed by atoms with E-state index in [0.29, 0.717) is 12.0 Å². The molecule has 1 heterocycles. The van der Waals surface area contributed by atoms with Crippen molar-refractivity contribution >= 4 is 31.9 Å². The Morgan fingerprint density at radius 3 is 2.47 bits per heavy atom. The minimum Gasteiger partial charge on any atom is -0.506 e. The predicted molar refractivity (Wildman–Crippen MR) is 83.4 cm³/mol. The molecule has 0 bridgehead atoms. The second kappa shape index (κ2) is 7.07. The van der Waals surface area contributed by atoms with E-state index in [2.05, 4.69) is 44.1 Å². The van der Waals surface area contributed by atoms with E-state index in [0.717, 1.165) is 47.1 Å². The largest absolute Gasteiger partial charge is 0.506 e. The second-order valence-electron chi connectivity index (χ2n) is 5.03. The maximum Gasteiger partial charge on any atom is 0.143 e. The van der Waals surface area contributed by atoms with Crippen LogP contribution in [-0.4, -0.2) is 24.4 Å². The predicted octanol–water partition coefficient (Wildman–Crippen LogP) is 3.82. The summed E-state index contributed by atoms with van der Waals surface area (Å²) in [6.07, 6.45) is 2.27. The van der Waals surface area contributed by atoms with Crippen LogP contribution >= 0.6 is 31.9 Å². The number of phenolic OH excluding ortho intramolecular Hbond substituents is 1. The lowest BCUT2D eigenvalue weighted by Crippen LogP contribution is -2.36. The van der Waals surface area contributed by atoms with Gasteiger partial charge >= 0.3 is 0 Å². The molecule has 5 heteroatoms. The van der Waals surface area contributed by atoms with E-state index in [1.54, 1.807) is 0 Å². The van der Waals surface area contributed by atoms with Gasteiger partial charge in [0.2, 0.25) is 0 Å². The summed E-state index contributed by atoms with van der Waals surface area (Å²) in [7, 11) is 0. The fourth-order valence-corrected chi connectivity index (χ4v) is 3.66. The zero-order valence-electron chi connectivity index (χ0n) is 11.0. The molecule has 1 aromatic rings. The Balaban J connectivity index is 1.91. The molecule has 0 radical (unpaired) electrons. The van der Waals surface area contributed by atoms with Crippen molar-refractivity contribution in [2.75, 3.05) is 13.2 Å². The molecule has 1 aliphatic rings. The first-order valence-corrected chi connectivity index (χ1v) is 8.14. The summed E-state index contributed by atoms with van der Waals surface area (Å²) in [4.78, 5) is 0. The fourth-order valence-electron chi connectivity index (χ4n) is 2.38. The Hall–Kier alpha value is -0.100. The molecular weight excluding hydrogens is 374 g/mol. The van der Waals surface area contributed by atoms with Gasteiger partial charge in [-0.1, -0.05) is 0 Å². The Kier molecular flexibility index (Phi) is 5.69. The van der Waals surface area contributed by atoms with Crippen LogP contribution < -0.4 is 5.32 Å². The minimum atomic E-state index is 0.251. The lowest BCUT2D eigenvalue weighted by atomic mass is 9.93. The molecule has 2 rings (SSSR count). The first kappa shape index (κ1) is 15.3. The maximum atomic E-state index is 9.68. The lowest BCUT2D eigenvalue weighted by molar-refractivity contribution is 0.0558. The van der Waals surface area contributed by atoms with Gasteiger partial charge in [0.1, 0.15) is 5.75 Å². The van der Waals surface area contributed by atoms with Gasteiger partial charge in [-0.15, -0.1) is 0 Å². The van der Waals surface area contributed by atoms with Gasteiger partial charge in [-0.05, 0) is 75.2 Å². The van der Waals surface area contributed by atoms with Crippen molar-refractivity contribution in [1.29, 1.82) is 0 Å². The Morgan fingerprint density at radius 1 is 1.32 bits per heavy atom. The van der Waals surface area contributed by atoms with Crippen molar-refractivity contribution in [2.45, 2.75) is 32.4 Å². The number of hydrogen-bond acceptors (Lipinski definition) is 3. The number of hydrogen-bond donors (Lipinski definition) is 2. The molecule has 19 heavy (non-hydrogen) atoms. The monoisotopic (exact) mass is 391 g/mol. The van der Waals surface area contributed by atoms with E-state index in [9.17, 15) is 5.11 Å². The molecule has 0 aliphatic carbocycles. The highest BCUT2D eigenvalue weighted by Crippen LogP contribution is 2.33. The van der Waals surface area contributed by atoms with Crippen LogP contribution in [0.15, 0.2) is 21.1 Å². The van der Waals surface area contributed by atoms with Crippen LogP contribution in [0.2, 0.25) is 0 Å². The standard InChI is InChI=1S/C14H19Br2NO2/c1-9(11-2-4-19-5-3-11)17-8-10-6-12(15)14(18)13(16)7-10/h6-7,9,11,17-18H,2-5,8H2,1H3. The van der Waals surface area contributed by atoms with Crippen LogP contribution in [-0.2, 0) is 11.3 Å². The van der Waals surface area contributed by atoms with Crippen molar-refractivity contribution in [3.05, 3.63) is 26.6 Å².